The Hall–Kier alpha value is -1.19. The van der Waals surface area contributed by atoms with Gasteiger partial charge in [-0.25, -0.2) is 0 Å². The maximum absolute atomic E-state index is 13.4. The first kappa shape index (κ1) is 16.7. The molecule has 1 saturated heterocycles. The minimum atomic E-state index is -0.786. The van der Waals surface area contributed by atoms with E-state index in [-0.39, 0.29) is 17.9 Å². The van der Waals surface area contributed by atoms with Crippen LogP contribution in [0.25, 0.3) is 0 Å². The van der Waals surface area contributed by atoms with E-state index in [1.807, 2.05) is 23.8 Å². The first-order valence-corrected chi connectivity index (χ1v) is 10.7. The number of ketones is 1. The van der Waals surface area contributed by atoms with Crippen LogP contribution in [0.15, 0.2) is 38.7 Å². The number of aromatic nitrogens is 1. The molecule has 0 saturated carbocycles. The fraction of sp³-hybridized carbons (Fsp3) is 0.421. The number of halogens is 2. The largest absolute Gasteiger partial charge is 0.385 e. The number of hydrogen-bond acceptors (Lipinski definition) is 4. The van der Waals surface area contributed by atoms with Gasteiger partial charge in [0.2, 0.25) is 5.78 Å². The molecule has 4 N–H and O–H groups in total. The van der Waals surface area contributed by atoms with Crippen molar-refractivity contribution in [1.29, 1.82) is 0 Å². The van der Waals surface area contributed by atoms with Gasteiger partial charge < -0.3 is 25.0 Å². The van der Waals surface area contributed by atoms with Gasteiger partial charge in [0.1, 0.15) is 30.0 Å². The lowest BCUT2D eigenvalue weighted by Crippen LogP contribution is -3.21. The minimum absolute atomic E-state index is 0.0306. The molecule has 27 heavy (non-hydrogen) atoms. The molecule has 6 unspecified atom stereocenters. The van der Waals surface area contributed by atoms with Gasteiger partial charge in [-0.15, -0.1) is 0 Å². The maximum Gasteiger partial charge on any atom is 0.226 e. The van der Waals surface area contributed by atoms with Gasteiger partial charge in [0.05, 0.1) is 22.3 Å². The second kappa shape index (κ2) is 5.04. The highest BCUT2D eigenvalue weighted by molar-refractivity contribution is 9.11. The normalized spacial score (nSPS) is 40.6. The van der Waals surface area contributed by atoms with Crippen molar-refractivity contribution in [3.63, 3.8) is 0 Å². The third-order valence-corrected chi connectivity index (χ3v) is 8.80. The predicted molar refractivity (Wildman–Crippen MR) is 104 cm³/mol. The highest BCUT2D eigenvalue weighted by Crippen LogP contribution is 2.55. The first-order valence-electron chi connectivity index (χ1n) is 9.09. The number of hydrogen-bond donors (Lipinski definition) is 4. The van der Waals surface area contributed by atoms with Gasteiger partial charge in [-0.2, -0.15) is 0 Å². The molecule has 140 valence electrons. The standard InChI is InChI=1S/C19H17Br2N3O3/c1-23-13-9-7(18(23)21)2-5-24-12(9)10-11(16(13)26)22-4-3-19(10)6-8(20)15(25)14(24)17(19)27/h3-4,6,12,14-15,17,22,25,27H,2,5H2,1H3/p+1. The molecule has 5 aliphatic rings. The Kier molecular flexibility index (Phi) is 3.13. The van der Waals surface area contributed by atoms with E-state index in [2.05, 4.69) is 37.2 Å². The van der Waals surface area contributed by atoms with Crippen molar-refractivity contribution in [3.05, 3.63) is 55.5 Å². The number of aliphatic hydroxyl groups excluding tert-OH is 2. The van der Waals surface area contributed by atoms with E-state index >= 15 is 0 Å². The number of dihydropyridines is 1. The molecule has 1 aromatic heterocycles. The molecule has 6 nitrogen and oxygen atoms in total. The van der Waals surface area contributed by atoms with Crippen LogP contribution in [0, 0.1) is 5.41 Å². The van der Waals surface area contributed by atoms with Gasteiger partial charge in [0.25, 0.3) is 0 Å². The van der Waals surface area contributed by atoms with Crippen LogP contribution in [0.1, 0.15) is 27.7 Å². The molecule has 6 atom stereocenters. The van der Waals surface area contributed by atoms with Crippen molar-refractivity contribution in [2.75, 3.05) is 6.54 Å². The van der Waals surface area contributed by atoms with Crippen LogP contribution >= 0.6 is 31.9 Å². The third-order valence-electron chi connectivity index (χ3n) is 7.09. The van der Waals surface area contributed by atoms with Crippen LogP contribution in [0.4, 0.5) is 0 Å². The van der Waals surface area contributed by atoms with Crippen molar-refractivity contribution < 1.29 is 19.9 Å². The van der Waals surface area contributed by atoms with Gasteiger partial charge in [-0.3, -0.25) is 4.79 Å². The minimum Gasteiger partial charge on any atom is -0.385 e. The quantitative estimate of drug-likeness (QED) is 0.415. The van der Waals surface area contributed by atoms with Crippen molar-refractivity contribution in [3.8, 4) is 0 Å². The van der Waals surface area contributed by atoms with E-state index in [1.165, 1.54) is 5.56 Å². The molecular formula is C19H18Br2N3O3+. The molecule has 8 heteroatoms. The number of nitrogens with one attached hydrogen (secondary N) is 2. The summed E-state index contributed by atoms with van der Waals surface area (Å²) in [6, 6.07) is -0.401. The second-order valence-electron chi connectivity index (χ2n) is 8.07. The summed E-state index contributed by atoms with van der Waals surface area (Å²) in [4.78, 5) is 14.6. The van der Waals surface area contributed by atoms with Gasteiger partial charge in [0.15, 0.2) is 0 Å². The Morgan fingerprint density at radius 1 is 1.37 bits per heavy atom. The van der Waals surface area contributed by atoms with Gasteiger partial charge >= 0.3 is 0 Å². The van der Waals surface area contributed by atoms with Crippen molar-refractivity contribution in [2.45, 2.75) is 30.7 Å². The number of Topliss-reactive ketones (excluding diaryl/α,β-unsaturated/α-hetero) is 1. The van der Waals surface area contributed by atoms with Crippen LogP contribution in [0.2, 0.25) is 0 Å². The van der Waals surface area contributed by atoms with Crippen molar-refractivity contribution in [2.24, 2.45) is 12.5 Å². The summed E-state index contributed by atoms with van der Waals surface area (Å²) in [5.41, 5.74) is 3.68. The van der Waals surface area contributed by atoms with Crippen molar-refractivity contribution in [1.82, 2.24) is 9.88 Å². The summed E-state index contributed by atoms with van der Waals surface area (Å²) in [6.45, 7) is 0.795. The lowest BCUT2D eigenvalue weighted by atomic mass is 9.58. The Bertz CT molecular complexity index is 1040. The fourth-order valence-corrected chi connectivity index (χ4v) is 7.28. The number of piperidine rings is 1. The van der Waals surface area contributed by atoms with Crippen LogP contribution in [0.3, 0.4) is 0 Å². The predicted octanol–water partition coefficient (Wildman–Crippen LogP) is 0.220. The number of rotatable bonds is 0. The Morgan fingerprint density at radius 3 is 2.93 bits per heavy atom. The number of carbonyl (C=O) groups excluding carboxylic acids is 1. The molecular weight excluding hydrogens is 478 g/mol. The number of carbonyl (C=O) groups is 1. The van der Waals surface area contributed by atoms with Crippen molar-refractivity contribution >= 4 is 37.6 Å². The third kappa shape index (κ3) is 1.67. The van der Waals surface area contributed by atoms with Gasteiger partial charge in [0, 0.05) is 34.7 Å². The highest BCUT2D eigenvalue weighted by Gasteiger charge is 2.66. The second-order valence-corrected chi connectivity index (χ2v) is 9.74. The molecule has 0 aromatic carbocycles. The van der Waals surface area contributed by atoms with Gasteiger partial charge in [-0.05, 0) is 22.1 Å². The Morgan fingerprint density at radius 2 is 2.15 bits per heavy atom. The summed E-state index contributed by atoms with van der Waals surface area (Å²) in [7, 11) is 1.92. The molecule has 0 amide bonds. The van der Waals surface area contributed by atoms with Crippen LogP contribution in [-0.2, 0) is 13.5 Å². The molecule has 3 aliphatic heterocycles. The summed E-state index contributed by atoms with van der Waals surface area (Å²) in [5.74, 6) is -0.0306. The SMILES string of the molecule is Cn1c(Br)c2c3c1C(=O)C1=C4C3[NH+](CC2)C2C(O)C(Br)=CC4(C=CN1)C2O. The topological polar surface area (TPSA) is 78.9 Å². The highest BCUT2D eigenvalue weighted by atomic mass is 79.9. The zero-order valence-electron chi connectivity index (χ0n) is 14.5. The van der Waals surface area contributed by atoms with Crippen LogP contribution in [-0.4, -0.2) is 45.4 Å². The van der Waals surface area contributed by atoms with Crippen LogP contribution in [0.5, 0.6) is 0 Å². The maximum atomic E-state index is 13.4. The zero-order valence-corrected chi connectivity index (χ0v) is 17.6. The monoisotopic (exact) mass is 494 g/mol. The molecule has 2 bridgehead atoms. The van der Waals surface area contributed by atoms with E-state index in [1.54, 1.807) is 6.20 Å². The molecule has 0 radical (unpaired) electrons. The lowest BCUT2D eigenvalue weighted by molar-refractivity contribution is -0.965. The van der Waals surface area contributed by atoms with Crippen LogP contribution < -0.4 is 10.2 Å². The first-order chi connectivity index (χ1) is 12.9. The zero-order chi connectivity index (χ0) is 18.8. The van der Waals surface area contributed by atoms with E-state index < -0.39 is 17.6 Å². The average Bonchev–Trinajstić information content (AvgIpc) is 2.90. The number of quaternary nitrogens is 1. The Labute approximate surface area is 172 Å². The van der Waals surface area contributed by atoms with E-state index in [9.17, 15) is 15.0 Å². The fourth-order valence-electron chi connectivity index (χ4n) is 6.02. The lowest BCUT2D eigenvalue weighted by Gasteiger charge is -2.57. The molecule has 1 fully saturated rings. The van der Waals surface area contributed by atoms with E-state index in [0.717, 1.165) is 33.6 Å². The molecule has 2 aliphatic carbocycles. The van der Waals surface area contributed by atoms with E-state index in [0.29, 0.717) is 15.9 Å². The number of nitrogens with zero attached hydrogens (tertiary/aromatic N) is 1. The smallest absolute Gasteiger partial charge is 0.226 e. The Balaban J connectivity index is 1.75. The van der Waals surface area contributed by atoms with Gasteiger partial charge in [-0.1, -0.05) is 28.1 Å². The summed E-state index contributed by atoms with van der Waals surface area (Å²) in [6.07, 6.45) is 4.85. The summed E-state index contributed by atoms with van der Waals surface area (Å²) < 4.78 is 3.57. The average molecular weight is 496 g/mol. The number of fused-ring (bicyclic) bond motifs is 2. The molecule has 4 heterocycles. The molecule has 1 spiro atoms. The number of allylic oxidation sites excluding steroid dienone is 1. The molecule has 6 rings (SSSR count). The molecule has 1 aromatic rings. The summed E-state index contributed by atoms with van der Waals surface area (Å²) >= 11 is 7.21. The number of aliphatic hydroxyl groups is 2. The van der Waals surface area contributed by atoms with E-state index in [4.69, 9.17) is 0 Å². The summed E-state index contributed by atoms with van der Waals surface area (Å²) in [5, 5.41) is 25.4.